The van der Waals surface area contributed by atoms with Crippen molar-refractivity contribution in [3.05, 3.63) is 0 Å². The van der Waals surface area contributed by atoms with Crippen LogP contribution in [0.25, 0.3) is 0 Å². The van der Waals surface area contributed by atoms with Gasteiger partial charge in [-0.1, -0.05) is 55.4 Å². The van der Waals surface area contributed by atoms with Crippen LogP contribution >= 0.6 is 0 Å². The summed E-state index contributed by atoms with van der Waals surface area (Å²) in [6.07, 6.45) is 1.04. The van der Waals surface area contributed by atoms with Gasteiger partial charge in [0.05, 0.1) is 12.1 Å². The van der Waals surface area contributed by atoms with E-state index in [0.29, 0.717) is 19.4 Å². The quantitative estimate of drug-likeness (QED) is 0.463. The van der Waals surface area contributed by atoms with Crippen LogP contribution < -0.4 is 21.7 Å². The van der Waals surface area contributed by atoms with Gasteiger partial charge < -0.3 is 21.7 Å². The van der Waals surface area contributed by atoms with E-state index in [1.54, 1.807) is 7.05 Å². The van der Waals surface area contributed by atoms with Gasteiger partial charge >= 0.3 is 6.03 Å². The number of nitrogens with one attached hydrogen (secondary N) is 3. The zero-order chi connectivity index (χ0) is 21.7. The first-order valence-corrected chi connectivity index (χ1v) is 9.81. The van der Waals surface area contributed by atoms with E-state index < -0.39 is 12.1 Å². The van der Waals surface area contributed by atoms with Gasteiger partial charge in [-0.2, -0.15) is 0 Å². The highest BCUT2D eigenvalue weighted by molar-refractivity contribution is 5.89. The summed E-state index contributed by atoms with van der Waals surface area (Å²) in [5, 5.41) is 8.12. The zero-order valence-electron chi connectivity index (χ0n) is 18.7. The van der Waals surface area contributed by atoms with E-state index >= 15 is 0 Å². The first-order valence-electron chi connectivity index (χ1n) is 9.81. The van der Waals surface area contributed by atoms with Crippen molar-refractivity contribution in [2.24, 2.45) is 11.7 Å². The minimum Gasteiger partial charge on any atom is -0.352 e. The van der Waals surface area contributed by atoms with Crippen LogP contribution in [0.1, 0.15) is 75.2 Å². The molecule has 0 aliphatic carbocycles. The highest BCUT2D eigenvalue weighted by Crippen LogP contribution is 2.04. The van der Waals surface area contributed by atoms with Gasteiger partial charge in [-0.15, -0.1) is 0 Å². The molecule has 158 valence electrons. The molecule has 3 amide bonds. The SMILES string of the molecule is CC.CC.CC.CNC(C(=O)N[C@@H](CCCNC(N)=O)C(C)=O)C(C)C. The number of rotatable bonds is 9. The Balaban J connectivity index is -0.000000362. The fourth-order valence-electron chi connectivity index (χ4n) is 1.92. The van der Waals surface area contributed by atoms with Crippen molar-refractivity contribution in [2.75, 3.05) is 13.6 Å². The summed E-state index contributed by atoms with van der Waals surface area (Å²) in [4.78, 5) is 34.1. The van der Waals surface area contributed by atoms with Crippen molar-refractivity contribution in [1.29, 1.82) is 0 Å². The van der Waals surface area contributed by atoms with Gasteiger partial charge in [-0.3, -0.25) is 9.59 Å². The van der Waals surface area contributed by atoms with Gasteiger partial charge in [0.25, 0.3) is 0 Å². The molecule has 0 spiro atoms. The number of ketones is 1. The van der Waals surface area contributed by atoms with Crippen LogP contribution in [0.4, 0.5) is 4.79 Å². The van der Waals surface area contributed by atoms with Crippen molar-refractivity contribution < 1.29 is 14.4 Å². The second-order valence-corrected chi connectivity index (χ2v) is 5.12. The average molecular weight is 377 g/mol. The van der Waals surface area contributed by atoms with Crippen molar-refractivity contribution in [3.8, 4) is 0 Å². The molecular formula is C19H44N4O3. The Morgan fingerprint density at radius 3 is 1.73 bits per heavy atom. The van der Waals surface area contributed by atoms with Gasteiger partial charge in [0.2, 0.25) is 5.91 Å². The van der Waals surface area contributed by atoms with E-state index in [4.69, 9.17) is 5.73 Å². The number of Topliss-reactive ketones (excluding diaryl/α,β-unsaturated/α-hetero) is 1. The van der Waals surface area contributed by atoms with Crippen LogP contribution in [0.3, 0.4) is 0 Å². The van der Waals surface area contributed by atoms with E-state index in [2.05, 4.69) is 16.0 Å². The Labute approximate surface area is 161 Å². The van der Waals surface area contributed by atoms with E-state index in [9.17, 15) is 14.4 Å². The summed E-state index contributed by atoms with van der Waals surface area (Å²) in [5.41, 5.74) is 4.95. The molecule has 0 heterocycles. The van der Waals surface area contributed by atoms with Crippen molar-refractivity contribution >= 4 is 17.7 Å². The molecule has 0 bridgehead atoms. The third-order valence-corrected chi connectivity index (χ3v) is 3.04. The molecule has 0 aliphatic rings. The molecular weight excluding hydrogens is 332 g/mol. The third kappa shape index (κ3) is 18.7. The maximum atomic E-state index is 12.1. The largest absolute Gasteiger partial charge is 0.352 e. The Morgan fingerprint density at radius 1 is 0.962 bits per heavy atom. The Morgan fingerprint density at radius 2 is 1.42 bits per heavy atom. The van der Waals surface area contributed by atoms with Crippen LogP contribution in [0.2, 0.25) is 0 Å². The van der Waals surface area contributed by atoms with Crippen molar-refractivity contribution in [2.45, 2.75) is 87.2 Å². The predicted molar refractivity (Wildman–Crippen MR) is 111 cm³/mol. The van der Waals surface area contributed by atoms with Crippen LogP contribution in [0.5, 0.6) is 0 Å². The van der Waals surface area contributed by atoms with Crippen LogP contribution in [-0.4, -0.2) is 43.4 Å². The summed E-state index contributed by atoms with van der Waals surface area (Å²) in [7, 11) is 1.71. The summed E-state index contributed by atoms with van der Waals surface area (Å²) in [6.45, 7) is 17.7. The van der Waals surface area contributed by atoms with E-state index in [1.165, 1.54) is 6.92 Å². The molecule has 7 nitrogen and oxygen atoms in total. The number of urea groups is 1. The standard InChI is InChI=1S/C13H26N4O3.3C2H6/c1-8(2)11(15-4)12(19)17-10(9(3)18)6-5-7-16-13(14)20;3*1-2/h8,10-11,15H,5-7H2,1-4H3,(H,17,19)(H3,14,16,20);3*1-2H3/t10-,11?;;;/m0.../s1. The molecule has 0 radical (unpaired) electrons. The highest BCUT2D eigenvalue weighted by atomic mass is 16.2. The second-order valence-electron chi connectivity index (χ2n) is 5.12. The Bertz CT molecular complexity index is 348. The van der Waals surface area contributed by atoms with Gasteiger partial charge in [0.1, 0.15) is 0 Å². The smallest absolute Gasteiger partial charge is 0.312 e. The van der Waals surface area contributed by atoms with E-state index in [0.717, 1.165) is 0 Å². The number of carbonyl (C=O) groups is 3. The Hall–Kier alpha value is -1.63. The number of amides is 3. The number of likely N-dealkylation sites (N-methyl/N-ethyl adjacent to an activating group) is 1. The number of carbonyl (C=O) groups excluding carboxylic acids is 3. The lowest BCUT2D eigenvalue weighted by molar-refractivity contribution is -0.129. The molecule has 0 aliphatic heterocycles. The van der Waals surface area contributed by atoms with Gasteiger partial charge in [-0.25, -0.2) is 4.79 Å². The van der Waals surface area contributed by atoms with Gasteiger partial charge in [0.15, 0.2) is 5.78 Å². The van der Waals surface area contributed by atoms with Crippen LogP contribution in [-0.2, 0) is 9.59 Å². The fourth-order valence-corrected chi connectivity index (χ4v) is 1.92. The third-order valence-electron chi connectivity index (χ3n) is 3.04. The number of primary amides is 1. The van der Waals surface area contributed by atoms with Gasteiger partial charge in [-0.05, 0) is 32.7 Å². The van der Waals surface area contributed by atoms with Gasteiger partial charge in [0, 0.05) is 6.54 Å². The number of nitrogens with two attached hydrogens (primary N) is 1. The summed E-state index contributed by atoms with van der Waals surface area (Å²) in [6, 6.07) is -1.46. The molecule has 7 heteroatoms. The number of hydrogen-bond acceptors (Lipinski definition) is 4. The first-order chi connectivity index (χ1) is 12.3. The summed E-state index contributed by atoms with van der Waals surface area (Å²) >= 11 is 0. The molecule has 0 saturated carbocycles. The lowest BCUT2D eigenvalue weighted by atomic mass is 10.0. The minimum atomic E-state index is -0.594. The number of hydrogen-bond donors (Lipinski definition) is 4. The molecule has 0 rings (SSSR count). The molecule has 0 saturated heterocycles. The molecule has 0 fully saturated rings. The molecule has 26 heavy (non-hydrogen) atoms. The fraction of sp³-hybridized carbons (Fsp3) is 0.842. The highest BCUT2D eigenvalue weighted by Gasteiger charge is 2.24. The van der Waals surface area contributed by atoms with E-state index in [1.807, 2.05) is 55.4 Å². The summed E-state index contributed by atoms with van der Waals surface area (Å²) < 4.78 is 0. The second kappa shape index (κ2) is 23.4. The Kier molecular flexibility index (Phi) is 28.8. The molecule has 2 atom stereocenters. The minimum absolute atomic E-state index is 0.101. The first kappa shape index (κ1) is 32.1. The maximum absolute atomic E-state index is 12.1. The maximum Gasteiger partial charge on any atom is 0.312 e. The molecule has 0 aromatic rings. The van der Waals surface area contributed by atoms with Crippen molar-refractivity contribution in [3.63, 3.8) is 0 Å². The lowest BCUT2D eigenvalue weighted by Crippen LogP contribution is -2.51. The normalized spacial score (nSPS) is 11.2. The molecule has 0 aromatic heterocycles. The van der Waals surface area contributed by atoms with Crippen molar-refractivity contribution in [1.82, 2.24) is 16.0 Å². The summed E-state index contributed by atoms with van der Waals surface area (Å²) in [5.74, 6) is -0.161. The van der Waals surface area contributed by atoms with Crippen LogP contribution in [0.15, 0.2) is 0 Å². The molecule has 1 unspecified atom stereocenters. The van der Waals surface area contributed by atoms with Crippen LogP contribution in [0, 0.1) is 5.92 Å². The zero-order valence-corrected chi connectivity index (χ0v) is 18.7. The van der Waals surface area contributed by atoms with E-state index in [-0.39, 0.29) is 23.7 Å². The molecule has 5 N–H and O–H groups in total. The topological polar surface area (TPSA) is 113 Å². The average Bonchev–Trinajstić information content (AvgIpc) is 2.62. The molecule has 0 aromatic carbocycles. The monoisotopic (exact) mass is 376 g/mol. The lowest BCUT2D eigenvalue weighted by Gasteiger charge is -2.23. The predicted octanol–water partition coefficient (Wildman–Crippen LogP) is 2.83.